The lowest BCUT2D eigenvalue weighted by Crippen LogP contribution is -2.51. The van der Waals surface area contributed by atoms with Gasteiger partial charge in [0, 0.05) is 26.3 Å². The van der Waals surface area contributed by atoms with E-state index in [1.807, 2.05) is 11.8 Å². The maximum absolute atomic E-state index is 12.6. The molecule has 0 radical (unpaired) electrons. The molecule has 104 valence electrons. The summed E-state index contributed by atoms with van der Waals surface area (Å²) < 4.78 is 5.47. The quantitative estimate of drug-likeness (QED) is 0.812. The van der Waals surface area contributed by atoms with Gasteiger partial charge in [0.1, 0.15) is 0 Å². The number of likely N-dealkylation sites (tertiary alicyclic amines) is 1. The van der Waals surface area contributed by atoms with Gasteiger partial charge in [-0.05, 0) is 38.0 Å². The molecule has 18 heavy (non-hydrogen) atoms. The minimum Gasteiger partial charge on any atom is -0.396 e. The lowest BCUT2D eigenvalue weighted by Gasteiger charge is -2.42. The van der Waals surface area contributed by atoms with Gasteiger partial charge in [0.2, 0.25) is 5.91 Å². The van der Waals surface area contributed by atoms with Crippen molar-refractivity contribution in [3.63, 3.8) is 0 Å². The van der Waals surface area contributed by atoms with Gasteiger partial charge in [-0.2, -0.15) is 0 Å². The molecule has 1 unspecified atom stereocenters. The Morgan fingerprint density at radius 2 is 1.94 bits per heavy atom. The summed E-state index contributed by atoms with van der Waals surface area (Å²) in [6, 6.07) is 0. The number of aliphatic hydroxyl groups is 1. The standard InChI is InChI=1S/C14H25NO3/c1-13(10-16)5-7-15(8-6-13)12(17)14(2)4-3-9-18-11-14/h16H,3-11H2,1-2H3. The topological polar surface area (TPSA) is 49.8 Å². The molecule has 0 aliphatic carbocycles. The van der Waals surface area contributed by atoms with E-state index in [4.69, 9.17) is 4.74 Å². The van der Waals surface area contributed by atoms with Gasteiger partial charge in [-0.15, -0.1) is 0 Å². The van der Waals surface area contributed by atoms with E-state index >= 15 is 0 Å². The first kappa shape index (κ1) is 13.8. The monoisotopic (exact) mass is 255 g/mol. The van der Waals surface area contributed by atoms with Crippen LogP contribution in [0.4, 0.5) is 0 Å². The second-order valence-electron chi connectivity index (χ2n) is 6.48. The van der Waals surface area contributed by atoms with Crippen LogP contribution in [0.2, 0.25) is 0 Å². The SMILES string of the molecule is CC1(CO)CCN(C(=O)C2(C)CCCOC2)CC1. The van der Waals surface area contributed by atoms with Gasteiger partial charge in [-0.1, -0.05) is 6.92 Å². The fraction of sp³-hybridized carbons (Fsp3) is 0.929. The Balaban J connectivity index is 1.95. The maximum Gasteiger partial charge on any atom is 0.230 e. The van der Waals surface area contributed by atoms with Gasteiger partial charge in [0.15, 0.2) is 0 Å². The molecule has 0 aromatic heterocycles. The number of ether oxygens (including phenoxy) is 1. The van der Waals surface area contributed by atoms with Crippen LogP contribution in [0.5, 0.6) is 0 Å². The van der Waals surface area contributed by atoms with E-state index in [2.05, 4.69) is 6.92 Å². The van der Waals surface area contributed by atoms with Crippen molar-refractivity contribution in [1.29, 1.82) is 0 Å². The number of carbonyl (C=O) groups excluding carboxylic acids is 1. The van der Waals surface area contributed by atoms with E-state index in [0.29, 0.717) is 6.61 Å². The first-order valence-electron chi connectivity index (χ1n) is 6.97. The fourth-order valence-electron chi connectivity index (χ4n) is 2.89. The number of hydrogen-bond donors (Lipinski definition) is 1. The smallest absolute Gasteiger partial charge is 0.230 e. The molecule has 2 heterocycles. The molecule has 4 heteroatoms. The second kappa shape index (κ2) is 5.17. The van der Waals surface area contributed by atoms with Crippen LogP contribution in [0, 0.1) is 10.8 Å². The molecule has 4 nitrogen and oxygen atoms in total. The Bertz CT molecular complexity index is 302. The number of amides is 1. The zero-order valence-corrected chi connectivity index (χ0v) is 11.6. The van der Waals surface area contributed by atoms with E-state index in [-0.39, 0.29) is 23.3 Å². The molecule has 0 bridgehead atoms. The summed E-state index contributed by atoms with van der Waals surface area (Å²) in [7, 11) is 0. The van der Waals surface area contributed by atoms with Crippen LogP contribution in [0.3, 0.4) is 0 Å². The van der Waals surface area contributed by atoms with Crippen LogP contribution in [0.25, 0.3) is 0 Å². The zero-order valence-electron chi connectivity index (χ0n) is 11.6. The summed E-state index contributed by atoms with van der Waals surface area (Å²) >= 11 is 0. The third-order valence-electron chi connectivity index (χ3n) is 4.59. The normalized spacial score (nSPS) is 32.3. The van der Waals surface area contributed by atoms with Crippen LogP contribution >= 0.6 is 0 Å². The molecule has 2 rings (SSSR count). The molecule has 0 aromatic carbocycles. The lowest BCUT2D eigenvalue weighted by atomic mass is 9.79. The highest BCUT2D eigenvalue weighted by Crippen LogP contribution is 2.35. The van der Waals surface area contributed by atoms with Gasteiger partial charge in [0.05, 0.1) is 12.0 Å². The number of piperidine rings is 1. The van der Waals surface area contributed by atoms with Crippen LogP contribution in [0.1, 0.15) is 39.5 Å². The number of nitrogens with zero attached hydrogens (tertiary/aromatic N) is 1. The van der Waals surface area contributed by atoms with E-state index < -0.39 is 0 Å². The first-order valence-corrected chi connectivity index (χ1v) is 6.97. The highest BCUT2D eigenvalue weighted by Gasteiger charge is 2.41. The van der Waals surface area contributed by atoms with Crippen molar-refractivity contribution in [2.24, 2.45) is 10.8 Å². The minimum atomic E-state index is -0.328. The molecule has 2 aliphatic rings. The van der Waals surface area contributed by atoms with Crippen molar-refractivity contribution >= 4 is 5.91 Å². The summed E-state index contributed by atoms with van der Waals surface area (Å²) in [5.41, 5.74) is -0.327. The summed E-state index contributed by atoms with van der Waals surface area (Å²) in [6.07, 6.45) is 3.70. The van der Waals surface area contributed by atoms with Gasteiger partial charge in [-0.25, -0.2) is 0 Å². The average Bonchev–Trinajstić information content (AvgIpc) is 2.40. The summed E-state index contributed by atoms with van der Waals surface area (Å²) in [5, 5.41) is 9.35. The highest BCUT2D eigenvalue weighted by atomic mass is 16.5. The predicted octanol–water partition coefficient (Wildman–Crippen LogP) is 1.42. The first-order chi connectivity index (χ1) is 8.49. The van der Waals surface area contributed by atoms with Crippen molar-refractivity contribution in [2.45, 2.75) is 39.5 Å². The number of rotatable bonds is 2. The van der Waals surface area contributed by atoms with E-state index in [0.717, 1.165) is 45.4 Å². The number of aliphatic hydroxyl groups excluding tert-OH is 1. The Morgan fingerprint density at radius 1 is 1.28 bits per heavy atom. The van der Waals surface area contributed by atoms with Crippen LogP contribution < -0.4 is 0 Å². The van der Waals surface area contributed by atoms with Gasteiger partial charge in [-0.3, -0.25) is 4.79 Å². The largest absolute Gasteiger partial charge is 0.396 e. The Hall–Kier alpha value is -0.610. The predicted molar refractivity (Wildman–Crippen MR) is 69.2 cm³/mol. The number of carbonyl (C=O) groups is 1. The van der Waals surface area contributed by atoms with Crippen molar-refractivity contribution in [2.75, 3.05) is 32.9 Å². The summed E-state index contributed by atoms with van der Waals surface area (Å²) in [4.78, 5) is 14.5. The second-order valence-corrected chi connectivity index (χ2v) is 6.48. The van der Waals surface area contributed by atoms with E-state index in [1.165, 1.54) is 0 Å². The molecule has 2 fully saturated rings. The average molecular weight is 255 g/mol. The molecule has 1 N–H and O–H groups in total. The van der Waals surface area contributed by atoms with Crippen LogP contribution in [0.15, 0.2) is 0 Å². The Labute approximate surface area is 109 Å². The summed E-state index contributed by atoms with van der Waals surface area (Å²) in [5.74, 6) is 0.238. The minimum absolute atomic E-state index is 0.000744. The molecule has 2 aliphatic heterocycles. The Morgan fingerprint density at radius 3 is 2.44 bits per heavy atom. The lowest BCUT2D eigenvalue weighted by molar-refractivity contribution is -0.151. The number of hydrogen-bond acceptors (Lipinski definition) is 3. The molecule has 0 spiro atoms. The third kappa shape index (κ3) is 2.69. The van der Waals surface area contributed by atoms with Crippen molar-refractivity contribution in [1.82, 2.24) is 4.90 Å². The third-order valence-corrected chi connectivity index (χ3v) is 4.59. The fourth-order valence-corrected chi connectivity index (χ4v) is 2.89. The van der Waals surface area contributed by atoms with Gasteiger partial charge in [0.25, 0.3) is 0 Å². The van der Waals surface area contributed by atoms with Crippen molar-refractivity contribution in [3.05, 3.63) is 0 Å². The molecule has 2 saturated heterocycles. The van der Waals surface area contributed by atoms with Crippen LogP contribution in [-0.2, 0) is 9.53 Å². The van der Waals surface area contributed by atoms with E-state index in [1.54, 1.807) is 0 Å². The molecular weight excluding hydrogens is 230 g/mol. The zero-order chi connectivity index (χ0) is 13.2. The molecule has 1 atom stereocenters. The molecular formula is C14H25NO3. The van der Waals surface area contributed by atoms with Crippen molar-refractivity contribution < 1.29 is 14.6 Å². The summed E-state index contributed by atoms with van der Waals surface area (Å²) in [6.45, 7) is 7.21. The molecule has 1 amide bonds. The van der Waals surface area contributed by atoms with E-state index in [9.17, 15) is 9.90 Å². The Kier molecular flexibility index (Phi) is 3.97. The van der Waals surface area contributed by atoms with Crippen molar-refractivity contribution in [3.8, 4) is 0 Å². The molecule has 0 saturated carbocycles. The molecule has 0 aromatic rings. The van der Waals surface area contributed by atoms with Gasteiger partial charge >= 0.3 is 0 Å². The maximum atomic E-state index is 12.6. The van der Waals surface area contributed by atoms with Gasteiger partial charge < -0.3 is 14.7 Å². The van der Waals surface area contributed by atoms with Crippen LogP contribution in [-0.4, -0.2) is 48.8 Å². The highest BCUT2D eigenvalue weighted by molar-refractivity contribution is 5.82.